The molecule has 1 aromatic carbocycles. The lowest BCUT2D eigenvalue weighted by molar-refractivity contribution is -0.147. The van der Waals surface area contributed by atoms with Crippen LogP contribution in [0.2, 0.25) is 0 Å². The van der Waals surface area contributed by atoms with Gasteiger partial charge in [-0.15, -0.1) is 0 Å². The van der Waals surface area contributed by atoms with Crippen molar-refractivity contribution >= 4 is 17.8 Å². The number of carbonyl (C=O) groups is 3. The fourth-order valence-electron chi connectivity index (χ4n) is 1.43. The molecule has 0 aliphatic heterocycles. The zero-order valence-corrected chi connectivity index (χ0v) is 10.6. The largest absolute Gasteiger partial charge is 0.461 e. The zero-order chi connectivity index (χ0) is 14.3. The predicted molar refractivity (Wildman–Crippen MR) is 67.7 cm³/mol. The number of nitrogens with one attached hydrogen (secondary N) is 1. The van der Waals surface area contributed by atoms with E-state index in [0.29, 0.717) is 0 Å². The Morgan fingerprint density at radius 3 is 2.42 bits per heavy atom. The fraction of sp³-hybridized carbons (Fsp3) is 0.308. The first-order chi connectivity index (χ1) is 8.99. The Morgan fingerprint density at radius 2 is 1.89 bits per heavy atom. The molecule has 1 atom stereocenters. The van der Waals surface area contributed by atoms with Crippen LogP contribution in [0.1, 0.15) is 18.9 Å². The van der Waals surface area contributed by atoms with Gasteiger partial charge in [0.05, 0.1) is 6.42 Å². The summed E-state index contributed by atoms with van der Waals surface area (Å²) in [6.45, 7) is 1.36. The highest BCUT2D eigenvalue weighted by atomic mass is 16.5. The number of hydrogen-bond acceptors (Lipinski definition) is 4. The summed E-state index contributed by atoms with van der Waals surface area (Å²) >= 11 is 0. The van der Waals surface area contributed by atoms with Gasteiger partial charge in [0, 0.05) is 6.92 Å². The third kappa shape index (κ3) is 5.67. The van der Waals surface area contributed by atoms with Crippen molar-refractivity contribution in [2.24, 2.45) is 5.73 Å². The highest BCUT2D eigenvalue weighted by molar-refractivity contribution is 5.89. The molecule has 102 valence electrons. The van der Waals surface area contributed by atoms with Crippen LogP contribution in [0.4, 0.5) is 0 Å². The summed E-state index contributed by atoms with van der Waals surface area (Å²) in [4.78, 5) is 33.4. The molecular formula is C13H16N2O4. The second-order valence-corrected chi connectivity index (χ2v) is 4.01. The molecule has 0 fully saturated rings. The highest BCUT2D eigenvalue weighted by Gasteiger charge is 2.21. The van der Waals surface area contributed by atoms with E-state index < -0.39 is 23.8 Å². The summed E-state index contributed by atoms with van der Waals surface area (Å²) in [6.07, 6.45) is -0.276. The van der Waals surface area contributed by atoms with Gasteiger partial charge in [0.15, 0.2) is 0 Å². The Morgan fingerprint density at radius 1 is 1.26 bits per heavy atom. The number of benzene rings is 1. The monoisotopic (exact) mass is 264 g/mol. The third-order valence-electron chi connectivity index (χ3n) is 2.33. The van der Waals surface area contributed by atoms with Crippen molar-refractivity contribution in [1.29, 1.82) is 0 Å². The van der Waals surface area contributed by atoms with E-state index in [1.54, 1.807) is 0 Å². The molecule has 0 aliphatic rings. The number of primary amides is 1. The van der Waals surface area contributed by atoms with Crippen LogP contribution in [0.15, 0.2) is 30.3 Å². The Balaban J connectivity index is 2.45. The molecule has 0 aromatic heterocycles. The summed E-state index contributed by atoms with van der Waals surface area (Å²) in [6, 6.07) is 8.09. The molecule has 2 amide bonds. The maximum Gasteiger partial charge on any atom is 0.308 e. The number of hydrogen-bond donors (Lipinski definition) is 2. The number of esters is 1. The summed E-state index contributed by atoms with van der Waals surface area (Å²) in [7, 11) is 0. The molecule has 0 spiro atoms. The first kappa shape index (κ1) is 14.7. The van der Waals surface area contributed by atoms with E-state index in [1.165, 1.54) is 6.92 Å². The van der Waals surface area contributed by atoms with E-state index in [-0.39, 0.29) is 13.0 Å². The molecular weight excluding hydrogens is 248 g/mol. The number of carbonyl (C=O) groups excluding carboxylic acids is 3. The standard InChI is InChI=1S/C13H16N2O4/c1-9(16)15-11(13(14)18)7-12(17)19-8-10-5-3-2-4-6-10/h2-6,11H,7-8H2,1H3,(H2,14,18)(H,15,16)/t11-/m0/s1. The molecule has 3 N–H and O–H groups in total. The average molecular weight is 264 g/mol. The summed E-state index contributed by atoms with van der Waals surface area (Å²) in [5, 5.41) is 2.29. The van der Waals surface area contributed by atoms with Gasteiger partial charge in [0.25, 0.3) is 0 Å². The number of ether oxygens (including phenoxy) is 1. The van der Waals surface area contributed by atoms with Gasteiger partial charge >= 0.3 is 5.97 Å². The van der Waals surface area contributed by atoms with Gasteiger partial charge in [0.1, 0.15) is 12.6 Å². The van der Waals surface area contributed by atoms with Crippen molar-refractivity contribution in [3.05, 3.63) is 35.9 Å². The van der Waals surface area contributed by atoms with E-state index in [4.69, 9.17) is 10.5 Å². The molecule has 1 rings (SSSR count). The van der Waals surface area contributed by atoms with Gasteiger partial charge in [-0.1, -0.05) is 30.3 Å². The molecule has 0 unspecified atom stereocenters. The van der Waals surface area contributed by atoms with Crippen LogP contribution in [0, 0.1) is 0 Å². The molecule has 6 heteroatoms. The fourth-order valence-corrected chi connectivity index (χ4v) is 1.43. The Hall–Kier alpha value is -2.37. The van der Waals surface area contributed by atoms with Gasteiger partial charge in [-0.05, 0) is 5.56 Å². The van der Waals surface area contributed by atoms with Crippen molar-refractivity contribution in [3.63, 3.8) is 0 Å². The average Bonchev–Trinajstić information content (AvgIpc) is 2.36. The van der Waals surface area contributed by atoms with Gasteiger partial charge in [-0.25, -0.2) is 0 Å². The zero-order valence-electron chi connectivity index (χ0n) is 10.6. The maximum absolute atomic E-state index is 11.5. The van der Waals surface area contributed by atoms with Crippen LogP contribution >= 0.6 is 0 Å². The lowest BCUT2D eigenvalue weighted by Crippen LogP contribution is -2.45. The first-order valence-electron chi connectivity index (χ1n) is 5.75. The van der Waals surface area contributed by atoms with E-state index in [9.17, 15) is 14.4 Å². The van der Waals surface area contributed by atoms with E-state index >= 15 is 0 Å². The normalized spacial score (nSPS) is 11.4. The van der Waals surface area contributed by atoms with Crippen LogP contribution in [-0.4, -0.2) is 23.8 Å². The molecule has 1 aromatic rings. The molecule has 19 heavy (non-hydrogen) atoms. The molecule has 0 radical (unpaired) electrons. The molecule has 6 nitrogen and oxygen atoms in total. The van der Waals surface area contributed by atoms with Gasteiger partial charge in [-0.3, -0.25) is 14.4 Å². The van der Waals surface area contributed by atoms with Crippen molar-refractivity contribution in [2.75, 3.05) is 0 Å². The van der Waals surface area contributed by atoms with Crippen LogP contribution in [0.25, 0.3) is 0 Å². The molecule has 0 aliphatic carbocycles. The minimum Gasteiger partial charge on any atom is -0.461 e. The Kier molecular flexibility index (Phi) is 5.53. The maximum atomic E-state index is 11.5. The molecule has 0 bridgehead atoms. The SMILES string of the molecule is CC(=O)N[C@@H](CC(=O)OCc1ccccc1)C(N)=O. The first-order valence-corrected chi connectivity index (χ1v) is 5.75. The van der Waals surface area contributed by atoms with E-state index in [1.807, 2.05) is 30.3 Å². The minimum atomic E-state index is -1.04. The van der Waals surface area contributed by atoms with E-state index in [0.717, 1.165) is 5.56 Å². The van der Waals surface area contributed by atoms with Gasteiger partial charge < -0.3 is 15.8 Å². The number of amides is 2. The second-order valence-electron chi connectivity index (χ2n) is 4.01. The highest BCUT2D eigenvalue weighted by Crippen LogP contribution is 2.03. The molecule has 0 saturated heterocycles. The molecule has 0 saturated carbocycles. The Labute approximate surface area is 110 Å². The lowest BCUT2D eigenvalue weighted by atomic mass is 10.2. The van der Waals surface area contributed by atoms with Crippen molar-refractivity contribution in [2.45, 2.75) is 26.0 Å². The van der Waals surface area contributed by atoms with Crippen molar-refractivity contribution in [1.82, 2.24) is 5.32 Å². The quantitative estimate of drug-likeness (QED) is 0.712. The van der Waals surface area contributed by atoms with Gasteiger partial charge in [0.2, 0.25) is 11.8 Å². The smallest absolute Gasteiger partial charge is 0.308 e. The summed E-state index contributed by atoms with van der Waals surface area (Å²) in [5.74, 6) is -1.80. The van der Waals surface area contributed by atoms with Crippen molar-refractivity contribution < 1.29 is 19.1 Å². The molecule has 0 heterocycles. The van der Waals surface area contributed by atoms with Crippen LogP contribution in [0.3, 0.4) is 0 Å². The third-order valence-corrected chi connectivity index (χ3v) is 2.33. The predicted octanol–water partition coefficient (Wildman–Crippen LogP) is 0.110. The summed E-state index contributed by atoms with van der Waals surface area (Å²) < 4.78 is 4.99. The number of rotatable bonds is 6. The van der Waals surface area contributed by atoms with Crippen molar-refractivity contribution in [3.8, 4) is 0 Å². The lowest BCUT2D eigenvalue weighted by Gasteiger charge is -2.13. The second kappa shape index (κ2) is 7.15. The topological polar surface area (TPSA) is 98.5 Å². The van der Waals surface area contributed by atoms with Crippen LogP contribution in [-0.2, 0) is 25.7 Å². The number of nitrogens with two attached hydrogens (primary N) is 1. The van der Waals surface area contributed by atoms with E-state index in [2.05, 4.69) is 5.32 Å². The van der Waals surface area contributed by atoms with Gasteiger partial charge in [-0.2, -0.15) is 0 Å². The minimum absolute atomic E-state index is 0.116. The van der Waals surface area contributed by atoms with Crippen LogP contribution < -0.4 is 11.1 Å². The summed E-state index contributed by atoms with van der Waals surface area (Å²) in [5.41, 5.74) is 5.92. The Bertz CT molecular complexity index is 459. The van der Waals surface area contributed by atoms with Crippen LogP contribution in [0.5, 0.6) is 0 Å².